The van der Waals surface area contributed by atoms with Gasteiger partial charge in [-0.15, -0.1) is 0 Å². The highest BCUT2D eigenvalue weighted by atomic mass is 19.4. The minimum absolute atomic E-state index is 0.0854. The number of ether oxygens (including phenoxy) is 2. The van der Waals surface area contributed by atoms with Gasteiger partial charge < -0.3 is 20.1 Å². The van der Waals surface area contributed by atoms with E-state index in [1.54, 1.807) is 19.1 Å². The highest BCUT2D eigenvalue weighted by Gasteiger charge is 2.34. The average Bonchev–Trinajstić information content (AvgIpc) is 2.61. The predicted octanol–water partition coefficient (Wildman–Crippen LogP) is 4.61. The molecule has 2 N–H and O–H groups in total. The Balaban J connectivity index is 1.90. The Morgan fingerprint density at radius 3 is 2.33 bits per heavy atom. The number of carbonyl (C=O) groups is 1. The maximum absolute atomic E-state index is 13.2. The number of halogens is 3. The first-order valence-corrected chi connectivity index (χ1v) is 8.38. The maximum Gasteiger partial charge on any atom is 0.418 e. The molecule has 5 nitrogen and oxygen atoms in total. The van der Waals surface area contributed by atoms with Gasteiger partial charge >= 0.3 is 12.2 Å². The molecule has 8 heteroatoms. The molecule has 0 bridgehead atoms. The van der Waals surface area contributed by atoms with Crippen molar-refractivity contribution in [2.45, 2.75) is 20.0 Å². The normalized spacial score (nSPS) is 11.0. The van der Waals surface area contributed by atoms with Gasteiger partial charge in [0.2, 0.25) is 0 Å². The van der Waals surface area contributed by atoms with E-state index in [2.05, 4.69) is 10.6 Å². The fraction of sp³-hybridized carbons (Fsp3) is 0.316. The number of benzene rings is 2. The molecular weight excluding hydrogens is 361 g/mol. The van der Waals surface area contributed by atoms with Crippen molar-refractivity contribution in [3.63, 3.8) is 0 Å². The predicted molar refractivity (Wildman–Crippen MR) is 96.3 cm³/mol. The Bertz CT molecular complexity index is 762. The van der Waals surface area contributed by atoms with Crippen molar-refractivity contribution in [3.05, 3.63) is 53.6 Å². The number of hydrogen-bond donors (Lipinski definition) is 2. The minimum atomic E-state index is -4.62. The molecule has 0 aliphatic heterocycles. The van der Waals surface area contributed by atoms with Crippen LogP contribution < -0.4 is 20.1 Å². The summed E-state index contributed by atoms with van der Waals surface area (Å²) in [5.41, 5.74) is -0.224. The fourth-order valence-corrected chi connectivity index (χ4v) is 2.26. The molecule has 0 aliphatic carbocycles. The summed E-state index contributed by atoms with van der Waals surface area (Å²) in [4.78, 5) is 11.9. The summed E-state index contributed by atoms with van der Waals surface area (Å²) in [6.45, 7) is 4.19. The number of nitrogens with one attached hydrogen (secondary N) is 2. The minimum Gasteiger partial charge on any atom is -0.494 e. The van der Waals surface area contributed by atoms with Gasteiger partial charge in [0.05, 0.1) is 24.4 Å². The molecule has 27 heavy (non-hydrogen) atoms. The number of amides is 2. The summed E-state index contributed by atoms with van der Waals surface area (Å²) in [5, 5.41) is 4.67. The lowest BCUT2D eigenvalue weighted by Gasteiger charge is -2.16. The second kappa shape index (κ2) is 9.16. The molecule has 0 aromatic heterocycles. The van der Waals surface area contributed by atoms with E-state index in [-0.39, 0.29) is 31.2 Å². The molecular formula is C19H21F3N2O3. The smallest absolute Gasteiger partial charge is 0.418 e. The van der Waals surface area contributed by atoms with Crippen LogP contribution in [0.3, 0.4) is 0 Å². The van der Waals surface area contributed by atoms with E-state index in [1.165, 1.54) is 6.07 Å². The highest BCUT2D eigenvalue weighted by molar-refractivity contribution is 5.90. The largest absolute Gasteiger partial charge is 0.494 e. The van der Waals surface area contributed by atoms with E-state index in [9.17, 15) is 18.0 Å². The zero-order valence-electron chi connectivity index (χ0n) is 15.0. The third-order valence-electron chi connectivity index (χ3n) is 3.53. The molecule has 0 radical (unpaired) electrons. The Labute approximate surface area is 155 Å². The number of rotatable bonds is 7. The lowest BCUT2D eigenvalue weighted by molar-refractivity contribution is -0.137. The summed E-state index contributed by atoms with van der Waals surface area (Å²) in [6.07, 6.45) is -4.62. The van der Waals surface area contributed by atoms with Crippen LogP contribution in [-0.2, 0) is 6.18 Å². The molecule has 0 heterocycles. The Morgan fingerprint density at radius 2 is 1.70 bits per heavy atom. The Kier molecular flexibility index (Phi) is 6.92. The lowest BCUT2D eigenvalue weighted by Crippen LogP contribution is -2.32. The van der Waals surface area contributed by atoms with Crippen LogP contribution in [-0.4, -0.2) is 25.8 Å². The van der Waals surface area contributed by atoms with Gasteiger partial charge in [-0.05, 0) is 44.2 Å². The Morgan fingerprint density at radius 1 is 1.04 bits per heavy atom. The van der Waals surface area contributed by atoms with Crippen LogP contribution in [0, 0.1) is 6.92 Å². The first-order valence-electron chi connectivity index (χ1n) is 8.38. The van der Waals surface area contributed by atoms with Gasteiger partial charge in [-0.1, -0.05) is 17.7 Å². The van der Waals surface area contributed by atoms with E-state index in [4.69, 9.17) is 9.47 Å². The van der Waals surface area contributed by atoms with Gasteiger partial charge in [0.25, 0.3) is 0 Å². The van der Waals surface area contributed by atoms with E-state index < -0.39 is 17.8 Å². The van der Waals surface area contributed by atoms with Crippen LogP contribution in [0.15, 0.2) is 42.5 Å². The van der Waals surface area contributed by atoms with Crippen LogP contribution in [0.5, 0.6) is 11.5 Å². The van der Waals surface area contributed by atoms with Crippen LogP contribution in [0.2, 0.25) is 0 Å². The molecule has 0 fully saturated rings. The van der Waals surface area contributed by atoms with Crippen molar-refractivity contribution >= 4 is 11.7 Å². The van der Waals surface area contributed by atoms with Gasteiger partial charge in [-0.2, -0.15) is 13.2 Å². The van der Waals surface area contributed by atoms with Gasteiger partial charge in [-0.3, -0.25) is 0 Å². The number of urea groups is 1. The number of carbonyl (C=O) groups excluding carboxylic acids is 1. The monoisotopic (exact) mass is 382 g/mol. The zero-order valence-corrected chi connectivity index (χ0v) is 15.0. The highest BCUT2D eigenvalue weighted by Crippen LogP contribution is 2.37. The van der Waals surface area contributed by atoms with E-state index >= 15 is 0 Å². The number of aryl methyl sites for hydroxylation is 1. The van der Waals surface area contributed by atoms with Crippen LogP contribution in [0.4, 0.5) is 23.7 Å². The average molecular weight is 382 g/mol. The van der Waals surface area contributed by atoms with Crippen LogP contribution in [0.25, 0.3) is 0 Å². The van der Waals surface area contributed by atoms with Crippen molar-refractivity contribution in [1.82, 2.24) is 5.32 Å². The number of alkyl halides is 3. The van der Waals surface area contributed by atoms with Crippen molar-refractivity contribution < 1.29 is 27.4 Å². The van der Waals surface area contributed by atoms with E-state index in [0.717, 1.165) is 17.7 Å². The first kappa shape index (κ1) is 20.4. The van der Waals surface area contributed by atoms with Gasteiger partial charge in [-0.25, -0.2) is 4.79 Å². The Hall–Kier alpha value is -2.90. The summed E-state index contributed by atoms with van der Waals surface area (Å²) in [7, 11) is 0. The molecule has 0 saturated carbocycles. The van der Waals surface area contributed by atoms with Crippen LogP contribution in [0.1, 0.15) is 18.1 Å². The summed E-state index contributed by atoms with van der Waals surface area (Å²) >= 11 is 0. The molecule has 0 spiro atoms. The number of hydrogen-bond acceptors (Lipinski definition) is 3. The van der Waals surface area contributed by atoms with Crippen molar-refractivity contribution in [2.75, 3.05) is 25.1 Å². The van der Waals surface area contributed by atoms with Gasteiger partial charge in [0.15, 0.2) is 0 Å². The molecule has 2 aromatic carbocycles. The second-order valence-corrected chi connectivity index (χ2v) is 5.68. The summed E-state index contributed by atoms with van der Waals surface area (Å²) < 4.78 is 50.1. The topological polar surface area (TPSA) is 59.6 Å². The van der Waals surface area contributed by atoms with E-state index in [1.807, 2.05) is 19.1 Å². The standard InChI is InChI=1S/C19H21F3N2O3/c1-3-26-15-8-9-17(16(12-15)19(20,21)22)24-18(25)23-10-11-27-14-6-4-13(2)5-7-14/h4-9,12H,3,10-11H2,1-2H3,(H2,23,24,25). The van der Waals surface area contributed by atoms with Crippen molar-refractivity contribution in [3.8, 4) is 11.5 Å². The van der Waals surface area contributed by atoms with Gasteiger partial charge in [0, 0.05) is 0 Å². The third-order valence-corrected chi connectivity index (χ3v) is 3.53. The quantitative estimate of drug-likeness (QED) is 0.688. The molecule has 0 unspecified atom stereocenters. The molecule has 2 rings (SSSR count). The maximum atomic E-state index is 13.2. The van der Waals surface area contributed by atoms with Crippen molar-refractivity contribution in [2.24, 2.45) is 0 Å². The molecule has 0 atom stereocenters. The summed E-state index contributed by atoms with van der Waals surface area (Å²) in [5.74, 6) is 0.732. The fourth-order valence-electron chi connectivity index (χ4n) is 2.26. The summed E-state index contributed by atoms with van der Waals surface area (Å²) in [6, 6.07) is 10.0. The van der Waals surface area contributed by atoms with Gasteiger partial charge in [0.1, 0.15) is 18.1 Å². The molecule has 2 amide bonds. The molecule has 2 aromatic rings. The third kappa shape index (κ3) is 6.40. The lowest BCUT2D eigenvalue weighted by atomic mass is 10.1. The number of anilines is 1. The molecule has 0 aliphatic rings. The van der Waals surface area contributed by atoms with Crippen LogP contribution >= 0.6 is 0 Å². The van der Waals surface area contributed by atoms with Crippen molar-refractivity contribution in [1.29, 1.82) is 0 Å². The first-order chi connectivity index (χ1) is 12.8. The van der Waals surface area contributed by atoms with E-state index in [0.29, 0.717) is 5.75 Å². The molecule has 146 valence electrons. The second-order valence-electron chi connectivity index (χ2n) is 5.68. The zero-order chi connectivity index (χ0) is 19.9. The SMILES string of the molecule is CCOc1ccc(NC(=O)NCCOc2ccc(C)cc2)c(C(F)(F)F)c1. The molecule has 0 saturated heterocycles.